The third-order valence-corrected chi connectivity index (χ3v) is 5.03. The van der Waals surface area contributed by atoms with Crippen LogP contribution in [0.2, 0.25) is 5.02 Å². The molecule has 1 aromatic heterocycles. The molecule has 0 bridgehead atoms. The Bertz CT molecular complexity index is 652. The lowest BCUT2D eigenvalue weighted by Gasteiger charge is -2.30. The molecule has 0 aliphatic heterocycles. The van der Waals surface area contributed by atoms with Crippen molar-refractivity contribution in [3.05, 3.63) is 46.9 Å². The Labute approximate surface area is 141 Å². The zero-order chi connectivity index (χ0) is 16.2. The Morgan fingerprint density at radius 1 is 1.13 bits per heavy atom. The predicted octanol–water partition coefficient (Wildman–Crippen LogP) is 4.54. The van der Waals surface area contributed by atoms with Gasteiger partial charge in [-0.3, -0.25) is 0 Å². The maximum absolute atomic E-state index is 9.40. The number of nitrogens with one attached hydrogen (secondary N) is 1. The Morgan fingerprint density at radius 3 is 2.48 bits per heavy atom. The maximum Gasteiger partial charge on any atom is 0.148 e. The summed E-state index contributed by atoms with van der Waals surface area (Å²) in [5.74, 6) is 1.65. The molecule has 23 heavy (non-hydrogen) atoms. The molecular formula is C18H22ClN3O. The van der Waals surface area contributed by atoms with Crippen LogP contribution in [0.1, 0.15) is 49.8 Å². The van der Waals surface area contributed by atoms with Crippen LogP contribution in [0.5, 0.6) is 5.75 Å². The summed E-state index contributed by atoms with van der Waals surface area (Å²) in [5.41, 5.74) is 2.21. The van der Waals surface area contributed by atoms with Gasteiger partial charge in [-0.25, -0.2) is 9.97 Å². The molecule has 1 heterocycles. The van der Waals surface area contributed by atoms with E-state index in [9.17, 15) is 5.11 Å². The Balaban J connectivity index is 1.60. The third kappa shape index (κ3) is 3.75. The molecule has 1 aromatic carbocycles. The van der Waals surface area contributed by atoms with Gasteiger partial charge in [0.15, 0.2) is 0 Å². The molecule has 2 N–H and O–H groups in total. The van der Waals surface area contributed by atoms with Crippen molar-refractivity contribution in [3.63, 3.8) is 0 Å². The van der Waals surface area contributed by atoms with Crippen LogP contribution in [0.3, 0.4) is 0 Å². The van der Waals surface area contributed by atoms with E-state index in [1.54, 1.807) is 18.5 Å². The zero-order valence-electron chi connectivity index (χ0n) is 13.3. The number of halogens is 1. The quantitative estimate of drug-likeness (QED) is 0.863. The molecule has 1 saturated carbocycles. The molecule has 0 atom stereocenters. The number of phenols is 1. The summed E-state index contributed by atoms with van der Waals surface area (Å²) < 4.78 is 0. The Hall–Kier alpha value is -1.81. The van der Waals surface area contributed by atoms with Crippen LogP contribution in [0.4, 0.5) is 5.82 Å². The highest BCUT2D eigenvalue weighted by Crippen LogP contribution is 2.35. The fourth-order valence-corrected chi connectivity index (χ4v) is 3.55. The van der Waals surface area contributed by atoms with Crippen molar-refractivity contribution < 1.29 is 5.11 Å². The second-order valence-corrected chi connectivity index (χ2v) is 6.50. The van der Waals surface area contributed by atoms with Crippen LogP contribution in [0.15, 0.2) is 30.6 Å². The molecular weight excluding hydrogens is 310 g/mol. The van der Waals surface area contributed by atoms with Crippen LogP contribution in [0, 0.1) is 0 Å². The predicted molar refractivity (Wildman–Crippen MR) is 93.1 cm³/mol. The highest BCUT2D eigenvalue weighted by Gasteiger charge is 2.23. The summed E-state index contributed by atoms with van der Waals surface area (Å²) >= 11 is 6.36. The topological polar surface area (TPSA) is 58.0 Å². The van der Waals surface area contributed by atoms with Crippen molar-refractivity contribution in [2.24, 2.45) is 0 Å². The number of hydrogen-bond donors (Lipinski definition) is 2. The van der Waals surface area contributed by atoms with Crippen molar-refractivity contribution in [2.45, 2.75) is 51.0 Å². The number of aromatic nitrogens is 2. The number of aryl methyl sites for hydroxylation is 1. The SMILES string of the molecule is CCc1ncnc(N[C@H]2CC[C@@H](c3ccc(O)cc3)CC2)c1Cl. The minimum atomic E-state index is 0.328. The van der Waals surface area contributed by atoms with E-state index in [4.69, 9.17) is 11.6 Å². The van der Waals surface area contributed by atoms with Gasteiger partial charge in [0.2, 0.25) is 0 Å². The van der Waals surface area contributed by atoms with E-state index in [1.165, 1.54) is 5.56 Å². The van der Waals surface area contributed by atoms with Crippen molar-refractivity contribution in [2.75, 3.05) is 5.32 Å². The first-order valence-electron chi connectivity index (χ1n) is 8.22. The minimum absolute atomic E-state index is 0.328. The van der Waals surface area contributed by atoms with E-state index in [1.807, 2.05) is 19.1 Å². The highest BCUT2D eigenvalue weighted by atomic mass is 35.5. The molecule has 2 aromatic rings. The van der Waals surface area contributed by atoms with Gasteiger partial charge >= 0.3 is 0 Å². The first kappa shape index (κ1) is 16.1. The van der Waals surface area contributed by atoms with E-state index < -0.39 is 0 Å². The van der Waals surface area contributed by atoms with Crippen LogP contribution in [-0.4, -0.2) is 21.1 Å². The number of nitrogens with zero attached hydrogens (tertiary/aromatic N) is 2. The smallest absolute Gasteiger partial charge is 0.148 e. The summed E-state index contributed by atoms with van der Waals surface area (Å²) in [6, 6.07) is 8.00. The second kappa shape index (κ2) is 7.18. The summed E-state index contributed by atoms with van der Waals surface area (Å²) in [6.45, 7) is 2.04. The molecule has 0 amide bonds. The molecule has 5 heteroatoms. The Kier molecular flexibility index (Phi) is 5.01. The lowest BCUT2D eigenvalue weighted by atomic mass is 9.82. The van der Waals surface area contributed by atoms with Gasteiger partial charge in [-0.2, -0.15) is 0 Å². The van der Waals surface area contributed by atoms with Gasteiger partial charge in [0, 0.05) is 6.04 Å². The number of anilines is 1. The lowest BCUT2D eigenvalue weighted by Crippen LogP contribution is -2.26. The fraction of sp³-hybridized carbons (Fsp3) is 0.444. The molecule has 122 valence electrons. The monoisotopic (exact) mass is 331 g/mol. The van der Waals surface area contributed by atoms with Gasteiger partial charge in [-0.15, -0.1) is 0 Å². The average molecular weight is 332 g/mol. The fourth-order valence-electron chi connectivity index (χ4n) is 3.26. The van der Waals surface area contributed by atoms with Crippen molar-refractivity contribution in [3.8, 4) is 5.75 Å². The second-order valence-electron chi connectivity index (χ2n) is 6.12. The maximum atomic E-state index is 9.40. The average Bonchev–Trinajstić information content (AvgIpc) is 2.58. The molecule has 1 fully saturated rings. The molecule has 0 spiro atoms. The number of rotatable bonds is 4. The summed E-state index contributed by atoms with van der Waals surface area (Å²) in [7, 11) is 0. The van der Waals surface area contributed by atoms with Crippen LogP contribution >= 0.6 is 11.6 Å². The van der Waals surface area contributed by atoms with Gasteiger partial charge in [0.05, 0.1) is 5.69 Å². The normalized spacial score (nSPS) is 21.1. The third-order valence-electron chi connectivity index (χ3n) is 4.63. The molecule has 1 aliphatic rings. The molecule has 1 aliphatic carbocycles. The standard InChI is InChI=1S/C18H22ClN3O/c1-2-16-17(19)18(21-11-20-16)22-14-7-3-12(4-8-14)13-5-9-15(23)10-6-13/h5-6,9-12,14,23H,2-4,7-8H2,1H3,(H,20,21,22)/t12-,14+. The number of aromatic hydroxyl groups is 1. The van der Waals surface area contributed by atoms with Gasteiger partial charge in [-0.1, -0.05) is 30.7 Å². The largest absolute Gasteiger partial charge is 0.508 e. The summed E-state index contributed by atoms with van der Waals surface area (Å²) in [6.07, 6.45) is 6.83. The van der Waals surface area contributed by atoms with Gasteiger partial charge in [0.1, 0.15) is 22.9 Å². The van der Waals surface area contributed by atoms with Crippen molar-refractivity contribution >= 4 is 17.4 Å². The Morgan fingerprint density at radius 2 is 1.83 bits per heavy atom. The number of hydrogen-bond acceptors (Lipinski definition) is 4. The van der Waals surface area contributed by atoms with Crippen LogP contribution in [0.25, 0.3) is 0 Å². The summed E-state index contributed by atoms with van der Waals surface area (Å²) in [5, 5.41) is 13.5. The summed E-state index contributed by atoms with van der Waals surface area (Å²) in [4.78, 5) is 8.49. The molecule has 0 saturated heterocycles. The van der Waals surface area contributed by atoms with Gasteiger partial charge in [-0.05, 0) is 55.7 Å². The minimum Gasteiger partial charge on any atom is -0.508 e. The van der Waals surface area contributed by atoms with Crippen LogP contribution in [-0.2, 0) is 6.42 Å². The molecule has 3 rings (SSSR count). The van der Waals surface area contributed by atoms with E-state index >= 15 is 0 Å². The number of phenolic OH excluding ortho intramolecular Hbond substituents is 1. The molecule has 4 nitrogen and oxygen atoms in total. The molecule has 0 unspecified atom stereocenters. The zero-order valence-corrected chi connectivity index (χ0v) is 14.1. The first-order chi connectivity index (χ1) is 11.2. The molecule has 0 radical (unpaired) electrons. The first-order valence-corrected chi connectivity index (χ1v) is 8.60. The van der Waals surface area contributed by atoms with E-state index in [-0.39, 0.29) is 0 Å². The van der Waals surface area contributed by atoms with Gasteiger partial charge < -0.3 is 10.4 Å². The highest BCUT2D eigenvalue weighted by molar-refractivity contribution is 6.33. The number of benzene rings is 1. The van der Waals surface area contributed by atoms with Gasteiger partial charge in [0.25, 0.3) is 0 Å². The van der Waals surface area contributed by atoms with Crippen molar-refractivity contribution in [1.29, 1.82) is 0 Å². The van der Waals surface area contributed by atoms with Crippen molar-refractivity contribution in [1.82, 2.24) is 9.97 Å². The van der Waals surface area contributed by atoms with E-state index in [0.29, 0.717) is 22.7 Å². The van der Waals surface area contributed by atoms with E-state index in [0.717, 1.165) is 43.6 Å². The van der Waals surface area contributed by atoms with Crippen LogP contribution < -0.4 is 5.32 Å². The lowest BCUT2D eigenvalue weighted by molar-refractivity contribution is 0.411. The van der Waals surface area contributed by atoms with E-state index in [2.05, 4.69) is 15.3 Å².